The van der Waals surface area contributed by atoms with Crippen LogP contribution in [0.2, 0.25) is 5.02 Å². The van der Waals surface area contributed by atoms with Gasteiger partial charge in [-0.1, -0.05) is 29.8 Å². The van der Waals surface area contributed by atoms with Crippen molar-refractivity contribution in [2.24, 2.45) is 0 Å². The van der Waals surface area contributed by atoms with Gasteiger partial charge in [0.1, 0.15) is 0 Å². The molecular weight excluding hydrogens is 364 g/mol. The van der Waals surface area contributed by atoms with Gasteiger partial charge in [0.05, 0.1) is 17.3 Å². The monoisotopic (exact) mass is 382 g/mol. The van der Waals surface area contributed by atoms with Gasteiger partial charge in [-0.3, -0.25) is 0 Å². The van der Waals surface area contributed by atoms with Crippen molar-refractivity contribution in [3.05, 3.63) is 58.6 Å². The molecule has 134 valence electrons. The van der Waals surface area contributed by atoms with Crippen LogP contribution in [-0.2, 0) is 16.4 Å². The second-order valence-corrected chi connectivity index (χ2v) is 7.97. The summed E-state index contributed by atoms with van der Waals surface area (Å²) in [4.78, 5) is 12.0. The molecule has 2 rings (SSSR count). The fraction of sp³-hybridized carbons (Fsp3) is 0.235. The predicted octanol–water partition coefficient (Wildman–Crippen LogP) is 2.74. The quantitative estimate of drug-likeness (QED) is 0.715. The smallest absolute Gasteiger partial charge is 0.319 e. The van der Waals surface area contributed by atoms with E-state index in [0.29, 0.717) is 10.7 Å². The average Bonchev–Trinajstić information content (AvgIpc) is 2.57. The van der Waals surface area contributed by atoms with Gasteiger partial charge in [0.15, 0.2) is 9.84 Å². The van der Waals surface area contributed by atoms with E-state index >= 15 is 0 Å². The number of urea groups is 1. The maximum absolute atomic E-state index is 11.9. The first-order valence-corrected chi connectivity index (χ1v) is 9.58. The lowest BCUT2D eigenvalue weighted by atomic mass is 10.2. The van der Waals surface area contributed by atoms with Crippen LogP contribution in [0.25, 0.3) is 0 Å². The SMILES string of the molecule is Cc1ccc(NC(=O)NCc2ccc(S(=O)(=O)CCO)cc2)cc1Cl. The fourth-order valence-corrected chi connectivity index (χ4v) is 3.29. The molecule has 0 aromatic heterocycles. The van der Waals surface area contributed by atoms with E-state index in [1.54, 1.807) is 24.3 Å². The van der Waals surface area contributed by atoms with Gasteiger partial charge in [-0.15, -0.1) is 0 Å². The largest absolute Gasteiger partial charge is 0.395 e. The van der Waals surface area contributed by atoms with E-state index in [2.05, 4.69) is 10.6 Å². The molecule has 0 saturated carbocycles. The van der Waals surface area contributed by atoms with Crippen molar-refractivity contribution >= 4 is 33.2 Å². The van der Waals surface area contributed by atoms with Crippen molar-refractivity contribution < 1.29 is 18.3 Å². The summed E-state index contributed by atoms with van der Waals surface area (Å²) in [6, 6.07) is 11.0. The van der Waals surface area contributed by atoms with Gasteiger partial charge in [-0.05, 0) is 42.3 Å². The van der Waals surface area contributed by atoms with Gasteiger partial charge < -0.3 is 15.7 Å². The molecule has 0 fully saturated rings. The van der Waals surface area contributed by atoms with Crippen LogP contribution in [0.15, 0.2) is 47.4 Å². The molecule has 0 radical (unpaired) electrons. The highest BCUT2D eigenvalue weighted by atomic mass is 35.5. The fourth-order valence-electron chi connectivity index (χ4n) is 2.08. The number of sulfone groups is 1. The number of aliphatic hydroxyl groups is 1. The number of carbonyl (C=O) groups excluding carboxylic acids is 1. The molecule has 0 aliphatic rings. The highest BCUT2D eigenvalue weighted by Gasteiger charge is 2.13. The number of carbonyl (C=O) groups is 1. The Labute approximate surface area is 151 Å². The topological polar surface area (TPSA) is 95.5 Å². The lowest BCUT2D eigenvalue weighted by Gasteiger charge is -2.09. The number of aliphatic hydroxyl groups excluding tert-OH is 1. The highest BCUT2D eigenvalue weighted by Crippen LogP contribution is 2.19. The Balaban J connectivity index is 1.92. The molecule has 3 N–H and O–H groups in total. The number of anilines is 1. The Morgan fingerprint density at radius 2 is 1.84 bits per heavy atom. The Morgan fingerprint density at radius 1 is 1.16 bits per heavy atom. The molecule has 25 heavy (non-hydrogen) atoms. The molecule has 6 nitrogen and oxygen atoms in total. The standard InChI is InChI=1S/C17H19ClN2O4S/c1-12-2-5-14(10-16(12)18)20-17(22)19-11-13-3-6-15(7-4-13)25(23,24)9-8-21/h2-7,10,21H,8-9,11H2,1H3,(H2,19,20,22). The van der Waals surface area contributed by atoms with Gasteiger partial charge >= 0.3 is 6.03 Å². The lowest BCUT2D eigenvalue weighted by Crippen LogP contribution is -2.28. The number of halogens is 1. The third kappa shape index (κ3) is 5.45. The predicted molar refractivity (Wildman–Crippen MR) is 97.6 cm³/mol. The molecule has 0 unspecified atom stereocenters. The molecular formula is C17H19ClN2O4S. The Kier molecular flexibility index (Phi) is 6.41. The molecule has 0 spiro atoms. The van der Waals surface area contributed by atoms with Gasteiger partial charge in [-0.2, -0.15) is 0 Å². The summed E-state index contributed by atoms with van der Waals surface area (Å²) in [6.07, 6.45) is 0. The van der Waals surface area contributed by atoms with Crippen LogP contribution in [0, 0.1) is 6.92 Å². The summed E-state index contributed by atoms with van der Waals surface area (Å²) >= 11 is 6.01. The number of rotatable bonds is 6. The van der Waals surface area contributed by atoms with E-state index in [1.165, 1.54) is 12.1 Å². The summed E-state index contributed by atoms with van der Waals surface area (Å²) in [7, 11) is -3.47. The van der Waals surface area contributed by atoms with Crippen molar-refractivity contribution in [3.8, 4) is 0 Å². The van der Waals surface area contributed by atoms with Crippen molar-refractivity contribution in [1.82, 2.24) is 5.32 Å². The minimum Gasteiger partial charge on any atom is -0.395 e. The minimum absolute atomic E-state index is 0.143. The van der Waals surface area contributed by atoms with E-state index in [4.69, 9.17) is 16.7 Å². The Hall–Kier alpha value is -2.09. The number of benzene rings is 2. The molecule has 2 aromatic carbocycles. The maximum atomic E-state index is 11.9. The minimum atomic E-state index is -3.47. The van der Waals surface area contributed by atoms with Crippen molar-refractivity contribution in [2.75, 3.05) is 17.7 Å². The van der Waals surface area contributed by atoms with Gasteiger partial charge in [-0.25, -0.2) is 13.2 Å². The van der Waals surface area contributed by atoms with E-state index in [1.807, 2.05) is 13.0 Å². The molecule has 0 aliphatic heterocycles. The molecule has 0 aliphatic carbocycles. The van der Waals surface area contributed by atoms with Crippen LogP contribution in [0.4, 0.5) is 10.5 Å². The van der Waals surface area contributed by atoms with E-state index in [9.17, 15) is 13.2 Å². The molecule has 0 heterocycles. The zero-order valence-corrected chi connectivity index (χ0v) is 15.2. The summed E-state index contributed by atoms with van der Waals surface area (Å²) in [5.74, 6) is -0.313. The van der Waals surface area contributed by atoms with Crippen LogP contribution in [0.3, 0.4) is 0 Å². The molecule has 0 bridgehead atoms. The van der Waals surface area contributed by atoms with E-state index in [-0.39, 0.29) is 17.2 Å². The van der Waals surface area contributed by atoms with Crippen molar-refractivity contribution in [3.63, 3.8) is 0 Å². The van der Waals surface area contributed by atoms with E-state index < -0.39 is 22.5 Å². The Bertz CT molecular complexity index is 851. The molecule has 0 atom stereocenters. The number of amides is 2. The highest BCUT2D eigenvalue weighted by molar-refractivity contribution is 7.91. The zero-order valence-electron chi connectivity index (χ0n) is 13.6. The van der Waals surface area contributed by atoms with Gasteiger partial charge in [0.25, 0.3) is 0 Å². The number of hydrogen-bond acceptors (Lipinski definition) is 4. The van der Waals surface area contributed by atoms with Crippen LogP contribution in [-0.4, -0.2) is 31.9 Å². The summed E-state index contributed by atoms with van der Waals surface area (Å²) in [5, 5.41) is 14.7. The first-order chi connectivity index (χ1) is 11.8. The molecule has 2 amide bonds. The maximum Gasteiger partial charge on any atom is 0.319 e. The molecule has 8 heteroatoms. The van der Waals surface area contributed by atoms with Crippen LogP contribution in [0.5, 0.6) is 0 Å². The van der Waals surface area contributed by atoms with Crippen molar-refractivity contribution in [1.29, 1.82) is 0 Å². The Morgan fingerprint density at radius 3 is 2.44 bits per heavy atom. The second kappa shape index (κ2) is 8.33. The van der Waals surface area contributed by atoms with Gasteiger partial charge in [0, 0.05) is 17.3 Å². The molecule has 2 aromatic rings. The number of aryl methyl sites for hydroxylation is 1. The average molecular weight is 383 g/mol. The van der Waals surface area contributed by atoms with Crippen molar-refractivity contribution in [2.45, 2.75) is 18.4 Å². The normalized spacial score (nSPS) is 11.2. The first kappa shape index (κ1) is 19.2. The van der Waals surface area contributed by atoms with Crippen LogP contribution < -0.4 is 10.6 Å². The first-order valence-electron chi connectivity index (χ1n) is 7.55. The second-order valence-electron chi connectivity index (χ2n) is 5.46. The van der Waals surface area contributed by atoms with Crippen LogP contribution in [0.1, 0.15) is 11.1 Å². The van der Waals surface area contributed by atoms with Gasteiger partial charge in [0.2, 0.25) is 0 Å². The zero-order chi connectivity index (χ0) is 18.4. The number of nitrogens with one attached hydrogen (secondary N) is 2. The third-order valence-electron chi connectivity index (χ3n) is 3.53. The van der Waals surface area contributed by atoms with E-state index in [0.717, 1.165) is 11.1 Å². The molecule has 0 saturated heterocycles. The summed E-state index contributed by atoms with van der Waals surface area (Å²) in [5.41, 5.74) is 2.25. The lowest BCUT2D eigenvalue weighted by molar-refractivity contribution is 0.251. The summed E-state index contributed by atoms with van der Waals surface area (Å²) < 4.78 is 23.6. The third-order valence-corrected chi connectivity index (χ3v) is 5.64. The summed E-state index contributed by atoms with van der Waals surface area (Å²) in [6.45, 7) is 1.69. The van der Waals surface area contributed by atoms with Crippen LogP contribution >= 0.6 is 11.6 Å². The number of hydrogen-bond donors (Lipinski definition) is 3.